The summed E-state index contributed by atoms with van der Waals surface area (Å²) in [6.07, 6.45) is 0. The molecule has 0 amide bonds. The molecule has 0 saturated heterocycles. The number of rotatable bonds is 2. The maximum absolute atomic E-state index is 12.7. The van der Waals surface area contributed by atoms with Crippen molar-refractivity contribution in [3.8, 4) is 0 Å². The summed E-state index contributed by atoms with van der Waals surface area (Å²) in [5.41, 5.74) is 5.12. The van der Waals surface area contributed by atoms with Crippen LogP contribution in [0.5, 0.6) is 0 Å². The summed E-state index contributed by atoms with van der Waals surface area (Å²) in [5, 5.41) is 0. The molecule has 1 aromatic carbocycles. The van der Waals surface area contributed by atoms with Gasteiger partial charge < -0.3 is 10.5 Å². The highest BCUT2D eigenvalue weighted by Crippen LogP contribution is 2.18. The number of hydrogen-bond acceptors (Lipinski definition) is 3. The average Bonchev–Trinajstić information content (AvgIpc) is 2.23. The molecule has 0 heterocycles. The molecule has 0 aromatic heterocycles. The van der Waals surface area contributed by atoms with Gasteiger partial charge in [-0.25, -0.2) is 13.2 Å². The predicted octanol–water partition coefficient (Wildman–Crippen LogP) is 1.70. The fraction of sp³-hybridized carbons (Fsp3) is 0.222. The number of ether oxygens (including phenoxy) is 1. The van der Waals surface area contributed by atoms with Crippen molar-refractivity contribution in [2.45, 2.75) is 6.04 Å². The van der Waals surface area contributed by atoms with Gasteiger partial charge in [0.05, 0.1) is 7.11 Å². The molecule has 0 aliphatic rings. The molecule has 1 atom stereocenters. The van der Waals surface area contributed by atoms with Crippen LogP contribution in [0.15, 0.2) is 12.1 Å². The van der Waals surface area contributed by atoms with Crippen molar-refractivity contribution < 1.29 is 22.7 Å². The first-order valence-electron chi connectivity index (χ1n) is 3.95. The first-order valence-corrected chi connectivity index (χ1v) is 3.95. The lowest BCUT2D eigenvalue weighted by atomic mass is 10.1. The molecule has 0 saturated carbocycles. The zero-order valence-electron chi connectivity index (χ0n) is 8.17. The van der Waals surface area contributed by atoms with E-state index in [0.717, 1.165) is 7.11 Å². The van der Waals surface area contributed by atoms with E-state index in [1.165, 1.54) is 0 Å². The van der Waals surface area contributed by atoms with E-state index in [0.29, 0.717) is 12.1 Å². The van der Waals surface area contributed by atoms with E-state index < -0.39 is 29.5 Å². The van der Waals surface area contributed by atoms with Gasteiger partial charge in [-0.3, -0.25) is 4.79 Å². The number of halogens is 4. The summed E-state index contributed by atoms with van der Waals surface area (Å²) < 4.78 is 42.3. The van der Waals surface area contributed by atoms with Crippen LogP contribution < -0.4 is 5.73 Å². The Balaban J connectivity index is 0.00000225. The minimum atomic E-state index is -1.60. The Morgan fingerprint density at radius 2 is 1.75 bits per heavy atom. The van der Waals surface area contributed by atoms with Gasteiger partial charge in [-0.2, -0.15) is 0 Å². The standard InChI is InChI=1S/C9H8F3NO2.ClH/c1-15-9(14)8(13)4-2-5(10)7(12)6(11)3-4;/h2-3,8H,13H2,1H3;1H. The number of nitrogens with two attached hydrogens (primary N) is 1. The maximum Gasteiger partial charge on any atom is 0.327 e. The van der Waals surface area contributed by atoms with Crippen LogP contribution in [0, 0.1) is 17.5 Å². The topological polar surface area (TPSA) is 52.3 Å². The third-order valence-corrected chi connectivity index (χ3v) is 1.82. The summed E-state index contributed by atoms with van der Waals surface area (Å²) in [7, 11) is 1.08. The Morgan fingerprint density at radius 3 is 2.12 bits per heavy atom. The third-order valence-electron chi connectivity index (χ3n) is 1.82. The quantitative estimate of drug-likeness (QED) is 0.646. The van der Waals surface area contributed by atoms with Crippen LogP contribution in [-0.4, -0.2) is 13.1 Å². The molecule has 16 heavy (non-hydrogen) atoms. The Kier molecular flexibility index (Phi) is 5.26. The first-order chi connectivity index (χ1) is 6.97. The lowest BCUT2D eigenvalue weighted by molar-refractivity contribution is -0.142. The molecule has 7 heteroatoms. The van der Waals surface area contributed by atoms with Crippen LogP contribution in [0.3, 0.4) is 0 Å². The highest BCUT2D eigenvalue weighted by atomic mass is 35.5. The highest BCUT2D eigenvalue weighted by Gasteiger charge is 2.20. The van der Waals surface area contributed by atoms with E-state index in [1.54, 1.807) is 0 Å². The van der Waals surface area contributed by atoms with Gasteiger partial charge in [0.15, 0.2) is 17.5 Å². The summed E-state index contributed by atoms with van der Waals surface area (Å²) in [5.74, 6) is -5.26. The monoisotopic (exact) mass is 255 g/mol. The second-order valence-corrected chi connectivity index (χ2v) is 2.80. The summed E-state index contributed by atoms with van der Waals surface area (Å²) >= 11 is 0. The Hall–Kier alpha value is -1.27. The number of carbonyl (C=O) groups is 1. The Morgan fingerprint density at radius 1 is 1.31 bits per heavy atom. The molecule has 0 fully saturated rings. The average molecular weight is 256 g/mol. The van der Waals surface area contributed by atoms with Crippen LogP contribution in [0.1, 0.15) is 11.6 Å². The zero-order chi connectivity index (χ0) is 11.6. The lowest BCUT2D eigenvalue weighted by Gasteiger charge is -2.09. The summed E-state index contributed by atoms with van der Waals surface area (Å²) in [6.45, 7) is 0. The zero-order valence-corrected chi connectivity index (χ0v) is 8.98. The molecule has 0 radical (unpaired) electrons. The highest BCUT2D eigenvalue weighted by molar-refractivity contribution is 5.85. The van der Waals surface area contributed by atoms with E-state index in [1.807, 2.05) is 0 Å². The third kappa shape index (κ3) is 2.86. The largest absolute Gasteiger partial charge is 0.468 e. The van der Waals surface area contributed by atoms with Crippen molar-refractivity contribution in [2.75, 3.05) is 7.11 Å². The fourth-order valence-electron chi connectivity index (χ4n) is 1.02. The number of esters is 1. The van der Waals surface area contributed by atoms with E-state index in [9.17, 15) is 18.0 Å². The molecule has 0 aliphatic heterocycles. The normalized spacial score (nSPS) is 11.6. The van der Waals surface area contributed by atoms with Crippen molar-refractivity contribution in [2.24, 2.45) is 5.73 Å². The van der Waals surface area contributed by atoms with Gasteiger partial charge in [0.1, 0.15) is 6.04 Å². The second kappa shape index (κ2) is 5.72. The molecule has 1 aromatic rings. The van der Waals surface area contributed by atoms with Gasteiger partial charge in [-0.1, -0.05) is 0 Å². The van der Waals surface area contributed by atoms with Crippen LogP contribution in [-0.2, 0) is 9.53 Å². The Labute approximate surface area is 95.8 Å². The predicted molar refractivity (Wildman–Crippen MR) is 52.5 cm³/mol. The second-order valence-electron chi connectivity index (χ2n) is 2.80. The fourth-order valence-corrected chi connectivity index (χ4v) is 1.02. The molecular formula is C9H9ClF3NO2. The summed E-state index contributed by atoms with van der Waals surface area (Å²) in [6, 6.07) is -0.0281. The van der Waals surface area contributed by atoms with Gasteiger partial charge >= 0.3 is 5.97 Å². The van der Waals surface area contributed by atoms with E-state index >= 15 is 0 Å². The van der Waals surface area contributed by atoms with Crippen LogP contribution in [0.4, 0.5) is 13.2 Å². The van der Waals surface area contributed by atoms with Crippen molar-refractivity contribution in [3.63, 3.8) is 0 Å². The van der Waals surface area contributed by atoms with Gasteiger partial charge in [0.25, 0.3) is 0 Å². The van der Waals surface area contributed by atoms with Crippen LogP contribution in [0.2, 0.25) is 0 Å². The minimum Gasteiger partial charge on any atom is -0.468 e. The molecule has 0 bridgehead atoms. The molecule has 2 N–H and O–H groups in total. The van der Waals surface area contributed by atoms with Crippen LogP contribution in [0.25, 0.3) is 0 Å². The molecule has 90 valence electrons. The van der Waals surface area contributed by atoms with Gasteiger partial charge in [-0.15, -0.1) is 12.4 Å². The smallest absolute Gasteiger partial charge is 0.327 e. The van der Waals surface area contributed by atoms with E-state index in [2.05, 4.69) is 4.74 Å². The number of methoxy groups -OCH3 is 1. The van der Waals surface area contributed by atoms with Crippen molar-refractivity contribution in [1.82, 2.24) is 0 Å². The van der Waals surface area contributed by atoms with Crippen molar-refractivity contribution >= 4 is 18.4 Å². The van der Waals surface area contributed by atoms with Crippen molar-refractivity contribution in [3.05, 3.63) is 35.1 Å². The molecule has 3 nitrogen and oxygen atoms in total. The molecule has 1 rings (SSSR count). The van der Waals surface area contributed by atoms with Gasteiger partial charge in [0.2, 0.25) is 0 Å². The van der Waals surface area contributed by atoms with Gasteiger partial charge in [0, 0.05) is 0 Å². The first kappa shape index (κ1) is 14.7. The summed E-state index contributed by atoms with van der Waals surface area (Å²) in [4.78, 5) is 10.9. The van der Waals surface area contributed by atoms with E-state index in [-0.39, 0.29) is 18.0 Å². The van der Waals surface area contributed by atoms with Crippen molar-refractivity contribution in [1.29, 1.82) is 0 Å². The SMILES string of the molecule is COC(=O)C(N)c1cc(F)c(F)c(F)c1.Cl. The number of benzene rings is 1. The molecular weight excluding hydrogens is 247 g/mol. The minimum absolute atomic E-state index is 0. The number of hydrogen-bond donors (Lipinski definition) is 1. The molecule has 0 aliphatic carbocycles. The maximum atomic E-state index is 12.7. The lowest BCUT2D eigenvalue weighted by Crippen LogP contribution is -2.23. The number of carbonyl (C=O) groups excluding carboxylic acids is 1. The van der Waals surface area contributed by atoms with E-state index in [4.69, 9.17) is 5.73 Å². The molecule has 0 spiro atoms. The Bertz CT molecular complexity index is 377. The van der Waals surface area contributed by atoms with Crippen LogP contribution >= 0.6 is 12.4 Å². The molecule has 1 unspecified atom stereocenters. The van der Waals surface area contributed by atoms with Gasteiger partial charge in [-0.05, 0) is 17.7 Å².